The van der Waals surface area contributed by atoms with Crippen LogP contribution in [0.25, 0.3) is 21.9 Å². The molecule has 0 bridgehead atoms. The zero-order chi connectivity index (χ0) is 17.2. The molecule has 0 fully saturated rings. The van der Waals surface area contributed by atoms with Gasteiger partial charge in [0.25, 0.3) is 5.69 Å². The molecule has 1 aromatic carbocycles. The number of nitro groups is 1. The minimum absolute atomic E-state index is 0.0420. The van der Waals surface area contributed by atoms with Crippen LogP contribution in [0, 0.1) is 10.1 Å². The maximum Gasteiger partial charge on any atom is 0.269 e. The third-order valence-corrected chi connectivity index (χ3v) is 4.79. The molecule has 0 radical (unpaired) electrons. The average molecular weight is 354 g/mol. The van der Waals surface area contributed by atoms with Crippen LogP contribution < -0.4 is 5.32 Å². The fourth-order valence-electron chi connectivity index (χ4n) is 2.72. The second kappa shape index (κ2) is 6.48. The van der Waals surface area contributed by atoms with Crippen LogP contribution >= 0.6 is 11.3 Å². The highest BCUT2D eigenvalue weighted by molar-refractivity contribution is 7.13. The Bertz CT molecular complexity index is 929. The van der Waals surface area contributed by atoms with Crippen molar-refractivity contribution in [3.63, 3.8) is 0 Å². The van der Waals surface area contributed by atoms with Crippen LogP contribution in [0.5, 0.6) is 0 Å². The number of nitrogens with zero attached hydrogens (tertiary/aromatic N) is 3. The molecular formula is C17H14N4O3S. The summed E-state index contributed by atoms with van der Waals surface area (Å²) in [6, 6.07) is 10.2. The number of amidine groups is 1. The Morgan fingerprint density at radius 1 is 1.24 bits per heavy atom. The lowest BCUT2D eigenvalue weighted by atomic mass is 10.0. The van der Waals surface area contributed by atoms with Gasteiger partial charge < -0.3 is 9.84 Å². The molecule has 7 nitrogen and oxygen atoms in total. The first-order valence-corrected chi connectivity index (χ1v) is 8.69. The van der Waals surface area contributed by atoms with Gasteiger partial charge in [-0.05, 0) is 30.0 Å². The zero-order valence-electron chi connectivity index (χ0n) is 13.1. The highest BCUT2D eigenvalue weighted by Crippen LogP contribution is 2.35. The minimum Gasteiger partial charge on any atom is -0.370 e. The van der Waals surface area contributed by atoms with E-state index in [1.165, 1.54) is 12.1 Å². The quantitative estimate of drug-likeness (QED) is 0.569. The first-order chi connectivity index (χ1) is 12.2. The number of nitro benzene ring substituents is 1. The van der Waals surface area contributed by atoms with E-state index in [9.17, 15) is 10.1 Å². The van der Waals surface area contributed by atoms with Gasteiger partial charge in [0.2, 0.25) is 0 Å². The van der Waals surface area contributed by atoms with Crippen LogP contribution in [0.15, 0.2) is 51.3 Å². The number of hydrogen-bond acceptors (Lipinski definition) is 7. The van der Waals surface area contributed by atoms with Gasteiger partial charge in [0, 0.05) is 30.8 Å². The smallest absolute Gasteiger partial charge is 0.269 e. The van der Waals surface area contributed by atoms with Gasteiger partial charge in [0.05, 0.1) is 15.4 Å². The molecule has 1 aliphatic rings. The Hall–Kier alpha value is -3.00. The predicted octanol–water partition coefficient (Wildman–Crippen LogP) is 3.72. The predicted molar refractivity (Wildman–Crippen MR) is 95.9 cm³/mol. The molecule has 1 aliphatic heterocycles. The van der Waals surface area contributed by atoms with Gasteiger partial charge in [0.15, 0.2) is 5.76 Å². The Morgan fingerprint density at radius 2 is 2.08 bits per heavy atom. The first-order valence-electron chi connectivity index (χ1n) is 7.81. The monoisotopic (exact) mass is 354 g/mol. The molecule has 3 aromatic rings. The second-order valence-electron chi connectivity index (χ2n) is 5.53. The van der Waals surface area contributed by atoms with Crippen molar-refractivity contribution in [3.05, 3.63) is 57.5 Å². The van der Waals surface area contributed by atoms with Crippen molar-refractivity contribution < 1.29 is 9.45 Å². The Morgan fingerprint density at radius 3 is 2.72 bits per heavy atom. The van der Waals surface area contributed by atoms with E-state index < -0.39 is 4.92 Å². The largest absolute Gasteiger partial charge is 0.370 e. The Labute approximate surface area is 147 Å². The third-order valence-electron chi connectivity index (χ3n) is 3.92. The number of nitrogens with one attached hydrogen (secondary N) is 1. The molecule has 0 saturated carbocycles. The van der Waals surface area contributed by atoms with Crippen LogP contribution in [-0.2, 0) is 0 Å². The van der Waals surface area contributed by atoms with E-state index in [2.05, 4.69) is 15.5 Å². The van der Waals surface area contributed by atoms with E-state index in [1.54, 1.807) is 23.5 Å². The molecule has 3 heterocycles. The van der Waals surface area contributed by atoms with Crippen molar-refractivity contribution in [2.45, 2.75) is 6.42 Å². The molecule has 126 valence electrons. The molecule has 0 unspecified atom stereocenters. The van der Waals surface area contributed by atoms with Crippen molar-refractivity contribution in [2.75, 3.05) is 13.1 Å². The Balaban J connectivity index is 1.85. The van der Waals surface area contributed by atoms with Crippen LogP contribution in [0.2, 0.25) is 0 Å². The molecular weight excluding hydrogens is 340 g/mol. The summed E-state index contributed by atoms with van der Waals surface area (Å²) in [5, 5.41) is 20.4. The maximum absolute atomic E-state index is 10.9. The molecule has 8 heteroatoms. The van der Waals surface area contributed by atoms with E-state index in [-0.39, 0.29) is 5.69 Å². The van der Waals surface area contributed by atoms with Gasteiger partial charge in [-0.3, -0.25) is 15.1 Å². The van der Waals surface area contributed by atoms with Crippen LogP contribution in [-0.4, -0.2) is 29.0 Å². The average Bonchev–Trinajstić information content (AvgIpc) is 3.32. The van der Waals surface area contributed by atoms with Crippen molar-refractivity contribution in [1.82, 2.24) is 10.5 Å². The lowest BCUT2D eigenvalue weighted by Crippen LogP contribution is -2.30. The van der Waals surface area contributed by atoms with E-state index in [0.717, 1.165) is 41.4 Å². The van der Waals surface area contributed by atoms with E-state index in [4.69, 9.17) is 4.52 Å². The minimum atomic E-state index is -0.419. The summed E-state index contributed by atoms with van der Waals surface area (Å²) in [5.41, 5.74) is 2.23. The number of rotatable bonds is 4. The molecule has 25 heavy (non-hydrogen) atoms. The lowest BCUT2D eigenvalue weighted by molar-refractivity contribution is -0.384. The topological polar surface area (TPSA) is 93.6 Å². The number of hydrogen-bond donors (Lipinski definition) is 1. The lowest BCUT2D eigenvalue weighted by Gasteiger charge is -2.15. The number of aliphatic imine (C=N–C) groups is 1. The summed E-state index contributed by atoms with van der Waals surface area (Å²) < 4.78 is 5.63. The SMILES string of the molecule is O=[N+]([O-])c1ccc(-c2noc(-c3cccs3)c2C2=NCCCN2)cc1. The standard InChI is InChI=1S/C17H14N4O3S/c22-21(23)12-6-4-11(5-7-12)15-14(17-18-8-2-9-19-17)16(24-20-15)13-3-1-10-25-13/h1,3-7,10H,2,8-9H2,(H,18,19). The second-order valence-corrected chi connectivity index (χ2v) is 6.47. The van der Waals surface area contributed by atoms with Crippen molar-refractivity contribution in [1.29, 1.82) is 0 Å². The molecule has 0 atom stereocenters. The number of thiophene rings is 1. The summed E-state index contributed by atoms with van der Waals surface area (Å²) in [7, 11) is 0. The van der Waals surface area contributed by atoms with E-state index in [1.807, 2.05) is 17.5 Å². The zero-order valence-corrected chi connectivity index (χ0v) is 14.0. The van der Waals surface area contributed by atoms with Crippen LogP contribution in [0.3, 0.4) is 0 Å². The number of benzene rings is 1. The van der Waals surface area contributed by atoms with Gasteiger partial charge in [-0.2, -0.15) is 0 Å². The summed E-state index contributed by atoms with van der Waals surface area (Å²) in [4.78, 5) is 16.0. The van der Waals surface area contributed by atoms with Crippen molar-refractivity contribution in [2.24, 2.45) is 4.99 Å². The van der Waals surface area contributed by atoms with Gasteiger partial charge in [-0.25, -0.2) is 0 Å². The van der Waals surface area contributed by atoms with Gasteiger partial charge in [0.1, 0.15) is 11.5 Å². The van der Waals surface area contributed by atoms with Crippen molar-refractivity contribution in [3.8, 4) is 21.9 Å². The highest BCUT2D eigenvalue weighted by Gasteiger charge is 2.25. The number of aromatic nitrogens is 1. The highest BCUT2D eigenvalue weighted by atomic mass is 32.1. The Kier molecular flexibility index (Phi) is 4.02. The summed E-state index contributed by atoms with van der Waals surface area (Å²) >= 11 is 1.56. The maximum atomic E-state index is 10.9. The molecule has 0 aliphatic carbocycles. The van der Waals surface area contributed by atoms with Gasteiger partial charge in [-0.15, -0.1) is 11.3 Å². The molecule has 1 N–H and O–H groups in total. The molecule has 0 saturated heterocycles. The fourth-order valence-corrected chi connectivity index (χ4v) is 3.43. The summed E-state index contributed by atoms with van der Waals surface area (Å²) in [6.45, 7) is 1.59. The first kappa shape index (κ1) is 15.5. The number of non-ortho nitro benzene ring substituents is 1. The fraction of sp³-hybridized carbons (Fsp3) is 0.176. The normalized spacial score (nSPS) is 14.0. The van der Waals surface area contributed by atoms with Crippen LogP contribution in [0.1, 0.15) is 12.0 Å². The van der Waals surface area contributed by atoms with Crippen LogP contribution in [0.4, 0.5) is 5.69 Å². The summed E-state index contributed by atoms with van der Waals surface area (Å²) in [5.74, 6) is 1.42. The molecule has 0 amide bonds. The van der Waals surface area contributed by atoms with E-state index >= 15 is 0 Å². The van der Waals surface area contributed by atoms with Crippen molar-refractivity contribution >= 4 is 22.9 Å². The molecule has 2 aromatic heterocycles. The summed E-state index contributed by atoms with van der Waals surface area (Å²) in [6.07, 6.45) is 0.982. The van der Waals surface area contributed by atoms with Gasteiger partial charge >= 0.3 is 0 Å². The van der Waals surface area contributed by atoms with Gasteiger partial charge in [-0.1, -0.05) is 11.2 Å². The van der Waals surface area contributed by atoms with E-state index in [0.29, 0.717) is 11.5 Å². The molecule has 0 spiro atoms. The molecule has 4 rings (SSSR count). The third kappa shape index (κ3) is 2.91.